The summed E-state index contributed by atoms with van der Waals surface area (Å²) in [6.45, 7) is 15.3. The lowest BCUT2D eigenvalue weighted by Gasteiger charge is -2.28. The number of carbonyl (C=O) groups excluding carboxylic acids is 1. The molecule has 3 nitrogen and oxygen atoms in total. The highest BCUT2D eigenvalue weighted by molar-refractivity contribution is 7.99. The molecule has 232 valence electrons. The standard InChI is InChI=1S/C36H64O3S/c1-8-9-10-11-12-13-14-15-16-17-18-19-20-21-22-23-25-40-26-24-39-33(37)29-30-27-31(35(2,3)4)34(38)32(28-30)36(5,6)7/h27-28,38H,8-26,29H2,1-7H3. The number of benzene rings is 1. The molecule has 1 aromatic rings. The first-order valence-electron chi connectivity index (χ1n) is 16.6. The van der Waals surface area contributed by atoms with Crippen molar-refractivity contribution >= 4 is 17.7 Å². The van der Waals surface area contributed by atoms with Crippen LogP contribution in [-0.4, -0.2) is 29.2 Å². The summed E-state index contributed by atoms with van der Waals surface area (Å²) >= 11 is 1.89. The Kier molecular flexibility index (Phi) is 19.1. The number of carbonyl (C=O) groups is 1. The van der Waals surface area contributed by atoms with E-state index in [0.717, 1.165) is 28.2 Å². The third-order valence-corrected chi connectivity index (χ3v) is 8.80. The maximum Gasteiger partial charge on any atom is 0.310 e. The fourth-order valence-electron chi connectivity index (χ4n) is 5.23. The van der Waals surface area contributed by atoms with Crippen molar-refractivity contribution in [1.29, 1.82) is 0 Å². The van der Waals surface area contributed by atoms with Crippen LogP contribution in [0.25, 0.3) is 0 Å². The van der Waals surface area contributed by atoms with E-state index < -0.39 is 0 Å². The highest BCUT2D eigenvalue weighted by atomic mass is 32.2. The first-order chi connectivity index (χ1) is 19.0. The maximum absolute atomic E-state index is 12.5. The third kappa shape index (κ3) is 16.9. The van der Waals surface area contributed by atoms with Gasteiger partial charge in [-0.2, -0.15) is 11.8 Å². The number of hydrogen-bond acceptors (Lipinski definition) is 4. The van der Waals surface area contributed by atoms with Gasteiger partial charge < -0.3 is 9.84 Å². The minimum atomic E-state index is -0.201. The number of phenols is 1. The zero-order valence-electron chi connectivity index (χ0n) is 27.5. The first kappa shape index (κ1) is 36.9. The summed E-state index contributed by atoms with van der Waals surface area (Å²) in [6, 6.07) is 3.94. The number of rotatable bonds is 22. The molecule has 0 unspecified atom stereocenters. The molecule has 1 aromatic carbocycles. The number of hydrogen-bond donors (Lipinski definition) is 1. The smallest absolute Gasteiger partial charge is 0.310 e. The number of thioether (sulfide) groups is 1. The van der Waals surface area contributed by atoms with Gasteiger partial charge in [-0.15, -0.1) is 0 Å². The second-order valence-corrected chi connectivity index (χ2v) is 15.1. The highest BCUT2D eigenvalue weighted by Gasteiger charge is 2.27. The largest absolute Gasteiger partial charge is 0.507 e. The number of ether oxygens (including phenoxy) is 1. The molecule has 0 aliphatic heterocycles. The molecule has 0 bridgehead atoms. The lowest BCUT2D eigenvalue weighted by atomic mass is 9.78. The third-order valence-electron chi connectivity index (χ3n) is 7.77. The van der Waals surface area contributed by atoms with Gasteiger partial charge in [0.15, 0.2) is 0 Å². The molecule has 0 aliphatic carbocycles. The van der Waals surface area contributed by atoms with E-state index in [1.165, 1.54) is 103 Å². The van der Waals surface area contributed by atoms with Gasteiger partial charge in [-0.25, -0.2) is 0 Å². The normalized spacial score (nSPS) is 12.2. The van der Waals surface area contributed by atoms with Crippen molar-refractivity contribution in [1.82, 2.24) is 0 Å². The SMILES string of the molecule is CCCCCCCCCCCCCCCCCCSCCOC(=O)Cc1cc(C(C)(C)C)c(O)c(C(C)(C)C)c1. The van der Waals surface area contributed by atoms with Gasteiger partial charge in [-0.05, 0) is 39.7 Å². The zero-order valence-corrected chi connectivity index (χ0v) is 28.3. The number of aromatic hydroxyl groups is 1. The van der Waals surface area contributed by atoms with Gasteiger partial charge >= 0.3 is 5.97 Å². The van der Waals surface area contributed by atoms with E-state index in [4.69, 9.17) is 4.74 Å². The minimum Gasteiger partial charge on any atom is -0.507 e. The van der Waals surface area contributed by atoms with Crippen LogP contribution < -0.4 is 0 Å². The molecule has 0 aromatic heterocycles. The predicted octanol–water partition coefficient (Wildman–Crippen LogP) is 11.1. The Morgan fingerprint density at radius 2 is 1.07 bits per heavy atom. The van der Waals surface area contributed by atoms with Gasteiger partial charge in [0.25, 0.3) is 0 Å². The van der Waals surface area contributed by atoms with Crippen molar-refractivity contribution in [2.75, 3.05) is 18.1 Å². The van der Waals surface area contributed by atoms with E-state index in [2.05, 4.69) is 48.5 Å². The fourth-order valence-corrected chi connectivity index (χ4v) is 6.04. The van der Waals surface area contributed by atoms with Crippen molar-refractivity contribution in [3.8, 4) is 5.75 Å². The lowest BCUT2D eigenvalue weighted by Crippen LogP contribution is -2.19. The van der Waals surface area contributed by atoms with Crippen LogP contribution in [0.1, 0.15) is 168 Å². The Labute approximate surface area is 253 Å². The van der Waals surface area contributed by atoms with Crippen LogP contribution in [0.2, 0.25) is 0 Å². The van der Waals surface area contributed by atoms with Gasteiger partial charge in [-0.3, -0.25) is 4.79 Å². The molecule has 0 fully saturated rings. The van der Waals surface area contributed by atoms with E-state index in [-0.39, 0.29) is 23.2 Å². The summed E-state index contributed by atoms with van der Waals surface area (Å²) < 4.78 is 5.54. The van der Waals surface area contributed by atoms with Crippen molar-refractivity contribution in [3.05, 3.63) is 28.8 Å². The van der Waals surface area contributed by atoms with E-state index >= 15 is 0 Å². The van der Waals surface area contributed by atoms with Crippen molar-refractivity contribution in [2.45, 2.75) is 168 Å². The van der Waals surface area contributed by atoms with Gasteiger partial charge in [-0.1, -0.05) is 157 Å². The van der Waals surface area contributed by atoms with Gasteiger partial charge in [0, 0.05) is 5.75 Å². The molecule has 1 N–H and O–H groups in total. The Hall–Kier alpha value is -1.16. The number of esters is 1. The van der Waals surface area contributed by atoms with E-state index in [9.17, 15) is 9.90 Å². The van der Waals surface area contributed by atoms with Gasteiger partial charge in [0.2, 0.25) is 0 Å². The molecular weight excluding hydrogens is 512 g/mol. The molecule has 1 rings (SSSR count). The van der Waals surface area contributed by atoms with Gasteiger partial charge in [0.05, 0.1) is 6.42 Å². The topological polar surface area (TPSA) is 46.5 Å². The molecule has 0 atom stereocenters. The molecule has 0 spiro atoms. The average Bonchev–Trinajstić information content (AvgIpc) is 2.87. The minimum absolute atomic E-state index is 0.187. The monoisotopic (exact) mass is 576 g/mol. The quantitative estimate of drug-likeness (QED) is 0.110. The van der Waals surface area contributed by atoms with Gasteiger partial charge in [0.1, 0.15) is 12.4 Å². The van der Waals surface area contributed by atoms with Crippen LogP contribution in [0.4, 0.5) is 0 Å². The summed E-state index contributed by atoms with van der Waals surface area (Å²) in [5, 5.41) is 10.9. The van der Waals surface area contributed by atoms with Crippen molar-refractivity contribution < 1.29 is 14.6 Å². The number of unbranched alkanes of at least 4 members (excludes halogenated alkanes) is 15. The Bertz CT molecular complexity index is 768. The second kappa shape index (κ2) is 20.7. The predicted molar refractivity (Wildman–Crippen MR) is 177 cm³/mol. The summed E-state index contributed by atoms with van der Waals surface area (Å²) in [6.07, 6.45) is 22.6. The van der Waals surface area contributed by atoms with Crippen LogP contribution in [0, 0.1) is 0 Å². The molecule has 0 saturated carbocycles. The van der Waals surface area contributed by atoms with E-state index in [0.29, 0.717) is 12.4 Å². The van der Waals surface area contributed by atoms with Crippen molar-refractivity contribution in [3.63, 3.8) is 0 Å². The Morgan fingerprint density at radius 1 is 0.675 bits per heavy atom. The number of phenolic OH excluding ortho intramolecular Hbond substituents is 1. The maximum atomic E-state index is 12.5. The molecule has 40 heavy (non-hydrogen) atoms. The summed E-state index contributed by atoms with van der Waals surface area (Å²) in [5.41, 5.74) is 2.29. The first-order valence-corrected chi connectivity index (χ1v) is 17.7. The van der Waals surface area contributed by atoms with Crippen LogP contribution in [-0.2, 0) is 26.8 Å². The molecule has 0 aliphatic rings. The highest BCUT2D eigenvalue weighted by Crippen LogP contribution is 2.39. The fraction of sp³-hybridized carbons (Fsp3) is 0.806. The van der Waals surface area contributed by atoms with Crippen LogP contribution in [0.15, 0.2) is 12.1 Å². The van der Waals surface area contributed by atoms with Crippen LogP contribution in [0.3, 0.4) is 0 Å². The average molecular weight is 577 g/mol. The molecule has 0 saturated heterocycles. The van der Waals surface area contributed by atoms with E-state index in [1.54, 1.807) is 0 Å². The lowest BCUT2D eigenvalue weighted by molar-refractivity contribution is -0.142. The zero-order chi connectivity index (χ0) is 29.9. The molecule has 4 heteroatoms. The summed E-state index contributed by atoms with van der Waals surface area (Å²) in [5.74, 6) is 2.18. The molecule has 0 radical (unpaired) electrons. The van der Waals surface area contributed by atoms with Crippen LogP contribution >= 0.6 is 11.8 Å². The Morgan fingerprint density at radius 3 is 1.48 bits per heavy atom. The van der Waals surface area contributed by atoms with E-state index in [1.807, 2.05) is 23.9 Å². The van der Waals surface area contributed by atoms with Crippen LogP contribution in [0.5, 0.6) is 5.75 Å². The molecule has 0 heterocycles. The molecular formula is C36H64O3S. The summed E-state index contributed by atoms with van der Waals surface area (Å²) in [7, 11) is 0. The summed E-state index contributed by atoms with van der Waals surface area (Å²) in [4.78, 5) is 12.5. The van der Waals surface area contributed by atoms with Crippen molar-refractivity contribution in [2.24, 2.45) is 0 Å². The Balaban J connectivity index is 2.07. The second-order valence-electron chi connectivity index (χ2n) is 13.9. The molecule has 0 amide bonds.